The molecule has 1 aliphatic heterocycles. The number of nitrogens with zero attached hydrogens (tertiary/aromatic N) is 1. The number of likely N-dealkylation sites (N-methyl/N-ethyl adjacent to an activating group) is 1. The Labute approximate surface area is 138 Å². The number of hydrogen-bond donors (Lipinski definition) is 1. The van der Waals surface area contributed by atoms with Gasteiger partial charge in [0.05, 0.1) is 5.75 Å². The number of rotatable bonds is 4. The second kappa shape index (κ2) is 8.66. The maximum Gasteiger partial charge on any atom is 0.232 e. The van der Waals surface area contributed by atoms with Crippen LogP contribution in [0, 0.1) is 13.8 Å². The zero-order valence-electron chi connectivity index (χ0n) is 13.0. The number of halogens is 1. The molecule has 1 aromatic carbocycles. The molecule has 1 heterocycles. The van der Waals surface area contributed by atoms with E-state index in [1.165, 1.54) is 22.4 Å². The van der Waals surface area contributed by atoms with E-state index < -0.39 is 0 Å². The van der Waals surface area contributed by atoms with E-state index in [1.54, 1.807) is 11.8 Å². The fraction of sp³-hybridized carbons (Fsp3) is 0.562. The highest BCUT2D eigenvalue weighted by molar-refractivity contribution is 8.00. The van der Waals surface area contributed by atoms with Gasteiger partial charge in [0.15, 0.2) is 0 Å². The van der Waals surface area contributed by atoms with E-state index in [2.05, 4.69) is 37.4 Å². The molecule has 118 valence electrons. The summed E-state index contributed by atoms with van der Waals surface area (Å²) < 4.78 is 0. The number of nitrogens with one attached hydrogen (secondary N) is 1. The normalized spacial score (nSPS) is 18.2. The van der Waals surface area contributed by atoms with Crippen LogP contribution < -0.4 is 5.32 Å². The molecule has 21 heavy (non-hydrogen) atoms. The molecule has 2 rings (SSSR count). The van der Waals surface area contributed by atoms with Crippen LogP contribution in [0.15, 0.2) is 23.1 Å². The minimum absolute atomic E-state index is 0. The monoisotopic (exact) mass is 328 g/mol. The summed E-state index contributed by atoms with van der Waals surface area (Å²) in [6, 6.07) is 6.86. The Hall–Kier alpha value is -0.710. The summed E-state index contributed by atoms with van der Waals surface area (Å²) in [5.74, 6) is 0.802. The highest BCUT2D eigenvalue weighted by Gasteiger charge is 2.22. The van der Waals surface area contributed by atoms with E-state index in [1.807, 2.05) is 11.9 Å². The van der Waals surface area contributed by atoms with Crippen LogP contribution in [0.1, 0.15) is 24.0 Å². The van der Waals surface area contributed by atoms with Gasteiger partial charge in [-0.05, 0) is 45.4 Å². The number of amides is 1. The minimum Gasteiger partial charge on any atom is -0.340 e. The van der Waals surface area contributed by atoms with Gasteiger partial charge >= 0.3 is 0 Å². The average molecular weight is 329 g/mol. The van der Waals surface area contributed by atoms with E-state index >= 15 is 0 Å². The standard InChI is InChI=1S/C16H24N2OS.ClH/c1-12-6-7-13(2)15(9-12)20-11-16(19)18-8-4-5-14(10-18)17-3;/h6-7,9,14,17H,4-5,8,10-11H2,1-3H3;1H. The van der Waals surface area contributed by atoms with Gasteiger partial charge in [-0.2, -0.15) is 0 Å². The molecular weight excluding hydrogens is 304 g/mol. The Morgan fingerprint density at radius 2 is 2.19 bits per heavy atom. The van der Waals surface area contributed by atoms with Gasteiger partial charge in [-0.15, -0.1) is 24.2 Å². The maximum absolute atomic E-state index is 12.3. The Kier molecular flexibility index (Phi) is 7.57. The third kappa shape index (κ3) is 5.20. The molecule has 1 saturated heterocycles. The quantitative estimate of drug-likeness (QED) is 0.862. The molecule has 0 spiro atoms. The third-order valence-corrected chi connectivity index (χ3v) is 5.02. The molecule has 1 atom stereocenters. The number of carbonyl (C=O) groups is 1. The summed E-state index contributed by atoms with van der Waals surface area (Å²) in [6.07, 6.45) is 2.27. The molecule has 1 amide bonds. The van der Waals surface area contributed by atoms with Crippen molar-refractivity contribution in [2.45, 2.75) is 37.6 Å². The summed E-state index contributed by atoms with van der Waals surface area (Å²) in [5, 5.41) is 3.28. The summed E-state index contributed by atoms with van der Waals surface area (Å²) in [6.45, 7) is 5.95. The first-order valence-electron chi connectivity index (χ1n) is 7.25. The highest BCUT2D eigenvalue weighted by Crippen LogP contribution is 2.24. The number of benzene rings is 1. The van der Waals surface area contributed by atoms with Gasteiger partial charge in [0, 0.05) is 24.0 Å². The topological polar surface area (TPSA) is 32.3 Å². The van der Waals surface area contributed by atoms with Crippen molar-refractivity contribution in [2.75, 3.05) is 25.9 Å². The molecule has 0 aliphatic carbocycles. The number of piperidine rings is 1. The average Bonchev–Trinajstić information content (AvgIpc) is 2.48. The van der Waals surface area contributed by atoms with Crippen LogP contribution in [0.5, 0.6) is 0 Å². The van der Waals surface area contributed by atoms with Gasteiger partial charge in [-0.1, -0.05) is 17.7 Å². The van der Waals surface area contributed by atoms with Gasteiger partial charge in [-0.25, -0.2) is 0 Å². The van der Waals surface area contributed by atoms with Crippen molar-refractivity contribution in [3.05, 3.63) is 29.3 Å². The molecule has 1 fully saturated rings. The molecule has 0 radical (unpaired) electrons. The van der Waals surface area contributed by atoms with Crippen LogP contribution >= 0.6 is 24.2 Å². The number of hydrogen-bond acceptors (Lipinski definition) is 3. The van der Waals surface area contributed by atoms with Crippen LogP contribution in [0.25, 0.3) is 0 Å². The van der Waals surface area contributed by atoms with E-state index in [9.17, 15) is 4.79 Å². The fourth-order valence-electron chi connectivity index (χ4n) is 2.53. The molecule has 1 unspecified atom stereocenters. The smallest absolute Gasteiger partial charge is 0.232 e. The second-order valence-electron chi connectivity index (χ2n) is 5.53. The Morgan fingerprint density at radius 3 is 2.90 bits per heavy atom. The molecule has 0 aromatic heterocycles. The SMILES string of the molecule is CNC1CCCN(C(=O)CSc2cc(C)ccc2C)C1.Cl. The fourth-order valence-corrected chi connectivity index (χ4v) is 3.56. The summed E-state index contributed by atoms with van der Waals surface area (Å²) >= 11 is 1.66. The van der Waals surface area contributed by atoms with Crippen LogP contribution in [-0.2, 0) is 4.79 Å². The molecular formula is C16H25ClN2OS. The maximum atomic E-state index is 12.3. The van der Waals surface area contributed by atoms with Gasteiger partial charge < -0.3 is 10.2 Å². The predicted octanol–water partition coefficient (Wildman–Crippen LogP) is 3.03. The van der Waals surface area contributed by atoms with E-state index in [4.69, 9.17) is 0 Å². The Balaban J connectivity index is 0.00000220. The Bertz CT molecular complexity index is 481. The number of aryl methyl sites for hydroxylation is 2. The van der Waals surface area contributed by atoms with Crippen LogP contribution in [-0.4, -0.2) is 42.7 Å². The summed E-state index contributed by atoms with van der Waals surface area (Å²) in [4.78, 5) is 15.5. The van der Waals surface area contributed by atoms with Crippen molar-refractivity contribution in [3.8, 4) is 0 Å². The highest BCUT2D eigenvalue weighted by atomic mass is 35.5. The van der Waals surface area contributed by atoms with Gasteiger partial charge in [0.2, 0.25) is 5.91 Å². The minimum atomic E-state index is 0. The molecule has 1 aliphatic rings. The van der Waals surface area contributed by atoms with Crippen molar-refractivity contribution in [2.24, 2.45) is 0 Å². The van der Waals surface area contributed by atoms with Crippen molar-refractivity contribution in [1.82, 2.24) is 10.2 Å². The first kappa shape index (κ1) is 18.3. The zero-order chi connectivity index (χ0) is 14.5. The van der Waals surface area contributed by atoms with Crippen molar-refractivity contribution in [3.63, 3.8) is 0 Å². The lowest BCUT2D eigenvalue weighted by atomic mass is 10.1. The van der Waals surface area contributed by atoms with E-state index in [-0.39, 0.29) is 18.3 Å². The van der Waals surface area contributed by atoms with Gasteiger partial charge in [0.1, 0.15) is 0 Å². The van der Waals surface area contributed by atoms with Crippen LogP contribution in [0.4, 0.5) is 0 Å². The van der Waals surface area contributed by atoms with E-state index in [0.717, 1.165) is 19.5 Å². The second-order valence-corrected chi connectivity index (χ2v) is 6.54. The summed E-state index contributed by atoms with van der Waals surface area (Å²) in [7, 11) is 1.98. The van der Waals surface area contributed by atoms with Crippen LogP contribution in [0.2, 0.25) is 0 Å². The van der Waals surface area contributed by atoms with Gasteiger partial charge in [-0.3, -0.25) is 4.79 Å². The molecule has 0 bridgehead atoms. The lowest BCUT2D eigenvalue weighted by Crippen LogP contribution is -2.47. The largest absolute Gasteiger partial charge is 0.340 e. The third-order valence-electron chi connectivity index (χ3n) is 3.88. The number of likely N-dealkylation sites (tertiary alicyclic amines) is 1. The van der Waals surface area contributed by atoms with Crippen molar-refractivity contribution < 1.29 is 4.79 Å². The lowest BCUT2D eigenvalue weighted by Gasteiger charge is -2.32. The van der Waals surface area contributed by atoms with Crippen LogP contribution in [0.3, 0.4) is 0 Å². The first-order valence-corrected chi connectivity index (χ1v) is 8.24. The zero-order valence-corrected chi connectivity index (χ0v) is 14.6. The molecule has 0 saturated carbocycles. The molecule has 5 heteroatoms. The predicted molar refractivity (Wildman–Crippen MR) is 92.5 cm³/mol. The van der Waals surface area contributed by atoms with Gasteiger partial charge in [0.25, 0.3) is 0 Å². The Morgan fingerprint density at radius 1 is 1.43 bits per heavy atom. The van der Waals surface area contributed by atoms with Crippen molar-refractivity contribution in [1.29, 1.82) is 0 Å². The molecule has 1 N–H and O–H groups in total. The van der Waals surface area contributed by atoms with Crippen molar-refractivity contribution >= 4 is 30.1 Å². The van der Waals surface area contributed by atoms with E-state index in [0.29, 0.717) is 11.8 Å². The lowest BCUT2D eigenvalue weighted by molar-refractivity contribution is -0.129. The molecule has 1 aromatic rings. The first-order chi connectivity index (χ1) is 9.60. The number of carbonyl (C=O) groups excluding carboxylic acids is 1. The summed E-state index contributed by atoms with van der Waals surface area (Å²) in [5.41, 5.74) is 2.50. The number of thioether (sulfide) groups is 1. The molecule has 3 nitrogen and oxygen atoms in total.